The van der Waals surface area contributed by atoms with E-state index in [9.17, 15) is 18.4 Å². The third kappa shape index (κ3) is 5.82. The number of nitrogens with one attached hydrogen (secondary N) is 1. The first kappa shape index (κ1) is 17.7. The number of nitrogens with zero attached hydrogens (tertiary/aromatic N) is 1. The fraction of sp³-hybridized carbons (Fsp3) is 0.500. The quantitative estimate of drug-likeness (QED) is 0.775. The van der Waals surface area contributed by atoms with Gasteiger partial charge in [0.25, 0.3) is 0 Å². The average molecular weight is 342 g/mol. The molecule has 4 nitrogen and oxygen atoms in total. The van der Waals surface area contributed by atoms with Gasteiger partial charge >= 0.3 is 0 Å². The topological polar surface area (TPSA) is 49.4 Å². The highest BCUT2D eigenvalue weighted by Crippen LogP contribution is 2.23. The van der Waals surface area contributed by atoms with Crippen molar-refractivity contribution in [1.82, 2.24) is 10.2 Å². The molecule has 0 atom stereocenters. The van der Waals surface area contributed by atoms with Gasteiger partial charge in [-0.25, -0.2) is 8.78 Å². The predicted molar refractivity (Wildman–Crippen MR) is 85.1 cm³/mol. The molecule has 2 rings (SSSR count). The second-order valence-electron chi connectivity index (χ2n) is 5.36. The van der Waals surface area contributed by atoms with Crippen LogP contribution < -0.4 is 5.32 Å². The summed E-state index contributed by atoms with van der Waals surface area (Å²) < 4.78 is 26.4. The van der Waals surface area contributed by atoms with Gasteiger partial charge in [-0.2, -0.15) is 0 Å². The van der Waals surface area contributed by atoms with Crippen LogP contribution in [0.2, 0.25) is 0 Å². The van der Waals surface area contributed by atoms with Crippen molar-refractivity contribution >= 4 is 23.6 Å². The fourth-order valence-corrected chi connectivity index (χ4v) is 3.27. The molecular formula is C16H20F2N2O2S. The summed E-state index contributed by atoms with van der Waals surface area (Å²) >= 11 is 1.10. The molecule has 7 heteroatoms. The van der Waals surface area contributed by atoms with Crippen molar-refractivity contribution in [2.45, 2.75) is 30.6 Å². The third-order valence-electron chi connectivity index (χ3n) is 3.60. The molecule has 0 unspecified atom stereocenters. The van der Waals surface area contributed by atoms with Gasteiger partial charge in [-0.1, -0.05) is 0 Å². The van der Waals surface area contributed by atoms with E-state index >= 15 is 0 Å². The molecule has 0 bridgehead atoms. The minimum atomic E-state index is -0.501. The number of carbonyl (C=O) groups is 2. The number of hydrogen-bond acceptors (Lipinski definition) is 3. The number of carbonyl (C=O) groups excluding carboxylic acids is 2. The zero-order valence-electron chi connectivity index (χ0n) is 12.8. The normalized spacial score (nSPS) is 14.1. The lowest BCUT2D eigenvalue weighted by molar-refractivity contribution is -0.130. The second kappa shape index (κ2) is 8.86. The standard InChI is InChI=1S/C16H20F2N2O2S/c17-12-3-4-13(18)14(11-12)23-10-6-15(21)19-7-5-16(22)20-8-1-2-9-20/h3-4,11H,1-2,5-10H2,(H,19,21). The molecule has 1 N–H and O–H groups in total. The van der Waals surface area contributed by atoms with Crippen LogP contribution in [0.5, 0.6) is 0 Å². The molecule has 2 amide bonds. The van der Waals surface area contributed by atoms with Crippen molar-refractivity contribution in [3.8, 4) is 0 Å². The van der Waals surface area contributed by atoms with E-state index in [0.717, 1.165) is 55.9 Å². The number of halogens is 2. The van der Waals surface area contributed by atoms with Gasteiger partial charge in [0.05, 0.1) is 0 Å². The van der Waals surface area contributed by atoms with Crippen LogP contribution in [0.25, 0.3) is 0 Å². The first-order valence-electron chi connectivity index (χ1n) is 7.68. The summed E-state index contributed by atoms with van der Waals surface area (Å²) in [5, 5.41) is 2.68. The summed E-state index contributed by atoms with van der Waals surface area (Å²) in [5.74, 6) is -0.763. The van der Waals surface area contributed by atoms with Gasteiger partial charge in [0.2, 0.25) is 11.8 Å². The number of rotatable bonds is 7. The Bertz CT molecular complexity index is 563. The maximum absolute atomic E-state index is 13.4. The van der Waals surface area contributed by atoms with Gasteiger partial charge in [-0.05, 0) is 31.0 Å². The predicted octanol–water partition coefficient (Wildman–Crippen LogP) is 2.58. The Kier molecular flexibility index (Phi) is 6.83. The van der Waals surface area contributed by atoms with Crippen LogP contribution in [0.3, 0.4) is 0 Å². The maximum Gasteiger partial charge on any atom is 0.224 e. The van der Waals surface area contributed by atoms with Gasteiger partial charge in [0, 0.05) is 43.1 Å². The Morgan fingerprint density at radius 2 is 1.91 bits per heavy atom. The molecule has 1 fully saturated rings. The summed E-state index contributed by atoms with van der Waals surface area (Å²) in [4.78, 5) is 25.5. The monoisotopic (exact) mass is 342 g/mol. The van der Waals surface area contributed by atoms with E-state index in [4.69, 9.17) is 0 Å². The number of benzene rings is 1. The largest absolute Gasteiger partial charge is 0.356 e. The molecule has 0 aliphatic carbocycles. The van der Waals surface area contributed by atoms with E-state index in [0.29, 0.717) is 18.7 Å². The number of thioether (sulfide) groups is 1. The van der Waals surface area contributed by atoms with Crippen LogP contribution in [-0.2, 0) is 9.59 Å². The highest BCUT2D eigenvalue weighted by molar-refractivity contribution is 7.99. The zero-order valence-corrected chi connectivity index (χ0v) is 13.6. The molecule has 1 heterocycles. The van der Waals surface area contributed by atoms with Crippen molar-refractivity contribution in [2.75, 3.05) is 25.4 Å². The minimum absolute atomic E-state index is 0.0685. The van der Waals surface area contributed by atoms with Crippen molar-refractivity contribution in [3.05, 3.63) is 29.8 Å². The van der Waals surface area contributed by atoms with Crippen molar-refractivity contribution in [2.24, 2.45) is 0 Å². The molecule has 126 valence electrons. The summed E-state index contributed by atoms with van der Waals surface area (Å²) in [6.07, 6.45) is 2.59. The van der Waals surface area contributed by atoms with E-state index in [2.05, 4.69) is 5.32 Å². The van der Waals surface area contributed by atoms with E-state index in [1.54, 1.807) is 0 Å². The summed E-state index contributed by atoms with van der Waals surface area (Å²) in [7, 11) is 0. The van der Waals surface area contributed by atoms with Crippen LogP contribution in [-0.4, -0.2) is 42.1 Å². The second-order valence-corrected chi connectivity index (χ2v) is 6.50. The lowest BCUT2D eigenvalue weighted by Gasteiger charge is -2.15. The molecule has 1 aliphatic rings. The Morgan fingerprint density at radius 1 is 1.17 bits per heavy atom. The highest BCUT2D eigenvalue weighted by atomic mass is 32.2. The van der Waals surface area contributed by atoms with Crippen LogP contribution in [0, 0.1) is 11.6 Å². The third-order valence-corrected chi connectivity index (χ3v) is 4.63. The van der Waals surface area contributed by atoms with E-state index in [1.165, 1.54) is 0 Å². The van der Waals surface area contributed by atoms with Crippen molar-refractivity contribution < 1.29 is 18.4 Å². The molecule has 1 saturated heterocycles. The number of likely N-dealkylation sites (tertiary alicyclic amines) is 1. The summed E-state index contributed by atoms with van der Waals surface area (Å²) in [5.41, 5.74) is 0. The molecule has 0 spiro atoms. The Balaban J connectivity index is 1.61. The molecular weight excluding hydrogens is 322 g/mol. The Morgan fingerprint density at radius 3 is 2.65 bits per heavy atom. The molecule has 0 radical (unpaired) electrons. The van der Waals surface area contributed by atoms with Gasteiger partial charge in [0.15, 0.2) is 0 Å². The molecule has 1 aliphatic heterocycles. The van der Waals surface area contributed by atoms with Gasteiger partial charge in [-0.3, -0.25) is 9.59 Å². The molecule has 23 heavy (non-hydrogen) atoms. The van der Waals surface area contributed by atoms with Gasteiger partial charge < -0.3 is 10.2 Å². The van der Waals surface area contributed by atoms with E-state index < -0.39 is 11.6 Å². The lowest BCUT2D eigenvalue weighted by atomic mass is 10.3. The van der Waals surface area contributed by atoms with Crippen LogP contribution in [0.4, 0.5) is 8.78 Å². The molecule has 1 aromatic rings. The minimum Gasteiger partial charge on any atom is -0.356 e. The molecule has 0 saturated carbocycles. The average Bonchev–Trinajstić information content (AvgIpc) is 3.05. The summed E-state index contributed by atoms with van der Waals surface area (Å²) in [6.45, 7) is 1.93. The first-order chi connectivity index (χ1) is 11.1. The highest BCUT2D eigenvalue weighted by Gasteiger charge is 2.17. The van der Waals surface area contributed by atoms with Gasteiger partial charge in [0.1, 0.15) is 11.6 Å². The van der Waals surface area contributed by atoms with Crippen LogP contribution in [0.15, 0.2) is 23.1 Å². The fourth-order valence-electron chi connectivity index (χ4n) is 2.36. The molecule has 0 aromatic heterocycles. The lowest BCUT2D eigenvalue weighted by Crippen LogP contribution is -2.32. The maximum atomic E-state index is 13.4. The van der Waals surface area contributed by atoms with Crippen LogP contribution >= 0.6 is 11.8 Å². The van der Waals surface area contributed by atoms with Crippen molar-refractivity contribution in [3.63, 3.8) is 0 Å². The van der Waals surface area contributed by atoms with E-state index in [-0.39, 0.29) is 23.1 Å². The van der Waals surface area contributed by atoms with Crippen LogP contribution in [0.1, 0.15) is 25.7 Å². The number of hydrogen-bond donors (Lipinski definition) is 1. The SMILES string of the molecule is O=C(CCSc1cc(F)ccc1F)NCCC(=O)N1CCCC1. The Labute approximate surface area is 138 Å². The first-order valence-corrected chi connectivity index (χ1v) is 8.67. The molecule has 1 aromatic carbocycles. The number of amides is 2. The van der Waals surface area contributed by atoms with Gasteiger partial charge in [-0.15, -0.1) is 11.8 Å². The van der Waals surface area contributed by atoms with E-state index in [1.807, 2.05) is 4.90 Å². The van der Waals surface area contributed by atoms with Crippen molar-refractivity contribution in [1.29, 1.82) is 0 Å². The summed E-state index contributed by atoms with van der Waals surface area (Å²) in [6, 6.07) is 3.25. The zero-order chi connectivity index (χ0) is 16.7. The Hall–Kier alpha value is -1.63. The smallest absolute Gasteiger partial charge is 0.224 e.